The summed E-state index contributed by atoms with van der Waals surface area (Å²) < 4.78 is 6.23. The number of hydrogen-bond acceptors (Lipinski definition) is 3. The summed E-state index contributed by atoms with van der Waals surface area (Å²) in [6.45, 7) is 2.71. The summed E-state index contributed by atoms with van der Waals surface area (Å²) in [6.07, 6.45) is 16.6. The minimum atomic E-state index is -0.383. The number of nitrogens with one attached hydrogen (secondary N) is 1. The van der Waals surface area contributed by atoms with E-state index < -0.39 is 0 Å². The van der Waals surface area contributed by atoms with Gasteiger partial charge in [0.15, 0.2) is 0 Å². The smallest absolute Gasteiger partial charge is 0.243 e. The lowest BCUT2D eigenvalue weighted by Gasteiger charge is -2.32. The lowest BCUT2D eigenvalue weighted by molar-refractivity contribution is -0.116. The molecule has 2 aliphatic carbocycles. The molecule has 4 heteroatoms. The van der Waals surface area contributed by atoms with Crippen molar-refractivity contribution in [2.75, 3.05) is 6.54 Å². The fourth-order valence-electron chi connectivity index (χ4n) is 4.71. The number of carbonyl (C=O) groups excluding carboxylic acids is 1. The Hall–Kier alpha value is -1.65. The molecule has 0 unspecified atom stereocenters. The zero-order valence-corrected chi connectivity index (χ0v) is 13.9. The van der Waals surface area contributed by atoms with E-state index in [9.17, 15) is 9.90 Å². The van der Waals surface area contributed by atoms with Gasteiger partial charge in [-0.3, -0.25) is 4.79 Å². The third-order valence-corrected chi connectivity index (χ3v) is 5.85. The van der Waals surface area contributed by atoms with Crippen molar-refractivity contribution in [3.63, 3.8) is 0 Å². The van der Waals surface area contributed by atoms with E-state index in [4.69, 9.17) is 4.74 Å². The molecule has 4 nitrogen and oxygen atoms in total. The van der Waals surface area contributed by atoms with Crippen molar-refractivity contribution < 1.29 is 14.6 Å². The summed E-state index contributed by atoms with van der Waals surface area (Å²) in [7, 11) is 0. The summed E-state index contributed by atoms with van der Waals surface area (Å²) in [5.41, 5.74) is 0. The number of rotatable bonds is 0. The maximum absolute atomic E-state index is 12.0. The molecule has 0 aromatic carbocycles. The van der Waals surface area contributed by atoms with Gasteiger partial charge < -0.3 is 15.2 Å². The first kappa shape index (κ1) is 15.9. The van der Waals surface area contributed by atoms with Gasteiger partial charge in [0.2, 0.25) is 5.91 Å². The zero-order valence-electron chi connectivity index (χ0n) is 13.9. The summed E-state index contributed by atoms with van der Waals surface area (Å²) in [5.74, 6) is 1.42. The van der Waals surface area contributed by atoms with Crippen LogP contribution in [-0.2, 0) is 9.53 Å². The van der Waals surface area contributed by atoms with Gasteiger partial charge in [-0.2, -0.15) is 0 Å². The van der Waals surface area contributed by atoms with Crippen LogP contribution in [0.3, 0.4) is 0 Å². The quantitative estimate of drug-likeness (QED) is 0.669. The fourth-order valence-corrected chi connectivity index (χ4v) is 4.71. The molecule has 1 saturated carbocycles. The first-order chi connectivity index (χ1) is 11.6. The maximum atomic E-state index is 12.0. The Kier molecular flexibility index (Phi) is 4.19. The maximum Gasteiger partial charge on any atom is 0.243 e. The van der Waals surface area contributed by atoms with Gasteiger partial charge in [0, 0.05) is 24.3 Å². The molecule has 24 heavy (non-hydrogen) atoms. The van der Waals surface area contributed by atoms with E-state index in [0.717, 1.165) is 6.42 Å². The molecule has 1 saturated heterocycles. The van der Waals surface area contributed by atoms with Crippen molar-refractivity contribution in [2.24, 2.45) is 29.6 Å². The molecule has 0 spiro atoms. The van der Waals surface area contributed by atoms with Crippen LogP contribution in [0, 0.1) is 29.6 Å². The second-order valence-corrected chi connectivity index (χ2v) is 7.50. The third kappa shape index (κ3) is 2.78. The number of carbonyl (C=O) groups is 1. The molecule has 0 radical (unpaired) electrons. The summed E-state index contributed by atoms with van der Waals surface area (Å²) in [6, 6.07) is 0. The Morgan fingerprint density at radius 1 is 1.12 bits per heavy atom. The first-order valence-electron chi connectivity index (χ1n) is 8.96. The van der Waals surface area contributed by atoms with E-state index in [0.29, 0.717) is 18.4 Å². The lowest BCUT2D eigenvalue weighted by Crippen LogP contribution is -2.32. The number of aliphatic hydroxyl groups excluding tert-OH is 1. The molecule has 8 atom stereocenters. The second-order valence-electron chi connectivity index (χ2n) is 7.50. The Morgan fingerprint density at radius 3 is 2.83 bits per heavy atom. The van der Waals surface area contributed by atoms with Crippen molar-refractivity contribution in [3.8, 4) is 0 Å². The third-order valence-electron chi connectivity index (χ3n) is 5.85. The van der Waals surface area contributed by atoms with Crippen LogP contribution in [0.25, 0.3) is 0 Å². The Bertz CT molecular complexity index is 620. The lowest BCUT2D eigenvalue weighted by atomic mass is 9.70. The molecule has 0 bridgehead atoms. The van der Waals surface area contributed by atoms with Crippen LogP contribution in [0.4, 0.5) is 0 Å². The van der Waals surface area contributed by atoms with Crippen LogP contribution in [0.2, 0.25) is 0 Å². The number of aliphatic hydroxyl groups is 1. The monoisotopic (exact) mass is 327 g/mol. The van der Waals surface area contributed by atoms with E-state index >= 15 is 0 Å². The van der Waals surface area contributed by atoms with Gasteiger partial charge in [-0.25, -0.2) is 0 Å². The Balaban J connectivity index is 1.68. The van der Waals surface area contributed by atoms with Gasteiger partial charge in [-0.15, -0.1) is 0 Å². The molecule has 1 amide bonds. The molecule has 0 aromatic heterocycles. The normalized spacial score (nSPS) is 50.8. The van der Waals surface area contributed by atoms with Crippen molar-refractivity contribution >= 4 is 5.91 Å². The standard InChI is InChI=1S/C20H25NO3/c1-12-4-2-3-5-16-18-13(8-9-17(23)21-11-12)6-7-14-10-15(22)20(24-16)19(14)18/h2-9,12-16,18-20,22H,10-11H2,1H3,(H,21,23)/b4-2+,5-3+,9-8+/t12-,13-,14-,15-,16-,18-,19-,20+/m0/s1. The average molecular weight is 327 g/mol. The molecule has 2 aliphatic heterocycles. The highest BCUT2D eigenvalue weighted by Gasteiger charge is 2.56. The van der Waals surface area contributed by atoms with Gasteiger partial charge in [0.25, 0.3) is 0 Å². The molecule has 2 heterocycles. The van der Waals surface area contributed by atoms with Crippen molar-refractivity contribution in [2.45, 2.75) is 31.7 Å². The summed E-state index contributed by atoms with van der Waals surface area (Å²) in [4.78, 5) is 12.0. The van der Waals surface area contributed by atoms with Crippen LogP contribution < -0.4 is 5.32 Å². The highest BCUT2D eigenvalue weighted by Crippen LogP contribution is 2.53. The molecule has 4 aliphatic rings. The van der Waals surface area contributed by atoms with Crippen LogP contribution in [-0.4, -0.2) is 35.9 Å². The molecule has 2 N–H and O–H groups in total. The SMILES string of the molecule is C[C@H]1/C=C/C=C/[C@@H]2O[C@H]3[C@@H]4[C@H]2[C@@H](C=C[C@H]4C[C@@H]3O)/C=C/C(=O)NC1. The number of allylic oxidation sites excluding steroid dienone is 5. The largest absolute Gasteiger partial charge is 0.390 e. The number of hydrogen-bond donors (Lipinski definition) is 2. The molecular formula is C20H25NO3. The van der Waals surface area contributed by atoms with E-state index in [1.165, 1.54) is 0 Å². The van der Waals surface area contributed by atoms with Gasteiger partial charge in [-0.05, 0) is 24.3 Å². The highest BCUT2D eigenvalue weighted by atomic mass is 16.5. The van der Waals surface area contributed by atoms with Crippen LogP contribution in [0.5, 0.6) is 0 Å². The summed E-state index contributed by atoms with van der Waals surface area (Å²) >= 11 is 0. The molecular weight excluding hydrogens is 302 g/mol. The van der Waals surface area contributed by atoms with E-state index in [1.807, 2.05) is 18.2 Å². The highest BCUT2D eigenvalue weighted by molar-refractivity contribution is 5.87. The summed E-state index contributed by atoms with van der Waals surface area (Å²) in [5, 5.41) is 13.3. The van der Waals surface area contributed by atoms with Crippen molar-refractivity contribution in [1.82, 2.24) is 5.32 Å². The Morgan fingerprint density at radius 2 is 1.96 bits per heavy atom. The van der Waals surface area contributed by atoms with Crippen LogP contribution >= 0.6 is 0 Å². The second kappa shape index (κ2) is 6.34. The van der Waals surface area contributed by atoms with E-state index in [1.54, 1.807) is 6.08 Å². The average Bonchev–Trinajstić information content (AvgIpc) is 3.10. The minimum absolute atomic E-state index is 0.0131. The Labute approximate surface area is 143 Å². The van der Waals surface area contributed by atoms with Crippen LogP contribution in [0.1, 0.15) is 13.3 Å². The topological polar surface area (TPSA) is 58.6 Å². The van der Waals surface area contributed by atoms with Crippen molar-refractivity contribution in [3.05, 3.63) is 48.6 Å². The minimum Gasteiger partial charge on any atom is -0.390 e. The molecule has 4 rings (SSSR count). The van der Waals surface area contributed by atoms with Crippen LogP contribution in [0.15, 0.2) is 48.6 Å². The first-order valence-corrected chi connectivity index (χ1v) is 8.96. The van der Waals surface area contributed by atoms with Gasteiger partial charge in [-0.1, -0.05) is 49.5 Å². The van der Waals surface area contributed by atoms with Gasteiger partial charge in [0.05, 0.1) is 18.3 Å². The fraction of sp³-hybridized carbons (Fsp3) is 0.550. The van der Waals surface area contributed by atoms with Gasteiger partial charge in [0.1, 0.15) is 0 Å². The zero-order chi connectivity index (χ0) is 16.7. The predicted molar refractivity (Wildman–Crippen MR) is 92.0 cm³/mol. The van der Waals surface area contributed by atoms with Gasteiger partial charge >= 0.3 is 0 Å². The molecule has 0 aromatic rings. The number of amides is 1. The van der Waals surface area contributed by atoms with Crippen molar-refractivity contribution in [1.29, 1.82) is 0 Å². The van der Waals surface area contributed by atoms with E-state index in [-0.39, 0.29) is 42.0 Å². The predicted octanol–water partition coefficient (Wildman–Crippen LogP) is 1.99. The molecule has 2 fully saturated rings. The molecule has 128 valence electrons. The number of ether oxygens (including phenoxy) is 1. The van der Waals surface area contributed by atoms with E-state index in [2.05, 4.69) is 36.5 Å².